The molecular weight excluding hydrogens is 202 g/mol. The summed E-state index contributed by atoms with van der Waals surface area (Å²) in [4.78, 5) is 11.2. The number of hydrogen-bond donors (Lipinski definition) is 1. The maximum atomic E-state index is 11.2. The molecule has 1 unspecified atom stereocenters. The van der Waals surface area contributed by atoms with E-state index in [9.17, 15) is 4.79 Å². The van der Waals surface area contributed by atoms with Gasteiger partial charge >= 0.3 is 0 Å². The number of ether oxygens (including phenoxy) is 1. The maximum Gasteiger partial charge on any atom is 0.220 e. The van der Waals surface area contributed by atoms with Gasteiger partial charge in [-0.1, -0.05) is 19.1 Å². The molecule has 0 aliphatic carbocycles. The lowest BCUT2D eigenvalue weighted by molar-refractivity contribution is -0.121. The summed E-state index contributed by atoms with van der Waals surface area (Å²) in [6.07, 6.45) is 0.515. The summed E-state index contributed by atoms with van der Waals surface area (Å²) in [7, 11) is 0. The summed E-state index contributed by atoms with van der Waals surface area (Å²) in [6.45, 7) is 6.45. The van der Waals surface area contributed by atoms with E-state index >= 15 is 0 Å². The molecule has 1 amide bonds. The van der Waals surface area contributed by atoms with Gasteiger partial charge in [0, 0.05) is 6.42 Å². The summed E-state index contributed by atoms with van der Waals surface area (Å²) in [6, 6.07) is 7.85. The van der Waals surface area contributed by atoms with Crippen LogP contribution in [0.2, 0.25) is 0 Å². The van der Waals surface area contributed by atoms with Crippen LogP contribution < -0.4 is 10.1 Å². The molecule has 1 N–H and O–H groups in total. The Morgan fingerprint density at radius 2 is 1.94 bits per heavy atom. The first-order valence-corrected chi connectivity index (χ1v) is 5.69. The Balaban J connectivity index is 2.62. The van der Waals surface area contributed by atoms with Gasteiger partial charge in [0.15, 0.2) is 0 Å². The molecule has 0 saturated carbocycles. The van der Waals surface area contributed by atoms with E-state index in [2.05, 4.69) is 5.32 Å². The summed E-state index contributed by atoms with van der Waals surface area (Å²) >= 11 is 0. The van der Waals surface area contributed by atoms with Crippen LogP contribution in [0.1, 0.15) is 38.8 Å². The van der Waals surface area contributed by atoms with Gasteiger partial charge in [-0.3, -0.25) is 4.79 Å². The highest BCUT2D eigenvalue weighted by atomic mass is 16.5. The first-order chi connectivity index (χ1) is 7.67. The van der Waals surface area contributed by atoms with Crippen molar-refractivity contribution in [3.05, 3.63) is 29.8 Å². The number of rotatable bonds is 5. The molecule has 1 aromatic rings. The second kappa shape index (κ2) is 6.16. The van der Waals surface area contributed by atoms with Gasteiger partial charge in [-0.2, -0.15) is 0 Å². The van der Waals surface area contributed by atoms with E-state index < -0.39 is 0 Å². The summed E-state index contributed by atoms with van der Waals surface area (Å²) in [5, 5.41) is 2.92. The van der Waals surface area contributed by atoms with Crippen LogP contribution in [0, 0.1) is 0 Å². The lowest BCUT2D eigenvalue weighted by atomic mass is 10.1. The Morgan fingerprint density at radius 1 is 1.31 bits per heavy atom. The summed E-state index contributed by atoms with van der Waals surface area (Å²) in [5.74, 6) is 0.932. The van der Waals surface area contributed by atoms with E-state index in [0.29, 0.717) is 13.0 Å². The molecule has 0 fully saturated rings. The van der Waals surface area contributed by atoms with Crippen LogP contribution in [0.25, 0.3) is 0 Å². The Morgan fingerprint density at radius 3 is 2.44 bits per heavy atom. The predicted octanol–water partition coefficient (Wildman–Crippen LogP) is 2.67. The zero-order valence-corrected chi connectivity index (χ0v) is 10.1. The fraction of sp³-hybridized carbons (Fsp3) is 0.462. The third-order valence-corrected chi connectivity index (χ3v) is 2.39. The van der Waals surface area contributed by atoms with Crippen LogP contribution in [0.15, 0.2) is 24.3 Å². The van der Waals surface area contributed by atoms with Crippen molar-refractivity contribution in [2.45, 2.75) is 33.2 Å². The Labute approximate surface area is 96.8 Å². The van der Waals surface area contributed by atoms with Gasteiger partial charge in [-0.15, -0.1) is 0 Å². The fourth-order valence-electron chi connectivity index (χ4n) is 1.45. The first-order valence-electron chi connectivity index (χ1n) is 5.69. The van der Waals surface area contributed by atoms with Gasteiger partial charge in [0.1, 0.15) is 5.75 Å². The highest BCUT2D eigenvalue weighted by Gasteiger charge is 2.07. The molecule has 0 bridgehead atoms. The van der Waals surface area contributed by atoms with Crippen LogP contribution in [0.3, 0.4) is 0 Å². The smallest absolute Gasteiger partial charge is 0.220 e. The number of nitrogens with one attached hydrogen (secondary N) is 1. The second-order valence-electron chi connectivity index (χ2n) is 3.64. The Bertz CT molecular complexity index is 332. The molecule has 0 saturated heterocycles. The predicted molar refractivity (Wildman–Crippen MR) is 64.5 cm³/mol. The van der Waals surface area contributed by atoms with Gasteiger partial charge in [0.2, 0.25) is 5.91 Å². The molecule has 3 heteroatoms. The van der Waals surface area contributed by atoms with E-state index in [1.54, 1.807) is 0 Å². The third kappa shape index (κ3) is 3.57. The molecular formula is C13H19NO2. The van der Waals surface area contributed by atoms with Crippen molar-refractivity contribution in [2.75, 3.05) is 6.61 Å². The molecule has 0 aliphatic heterocycles. The van der Waals surface area contributed by atoms with Crippen molar-refractivity contribution in [1.82, 2.24) is 5.32 Å². The Hall–Kier alpha value is -1.51. The van der Waals surface area contributed by atoms with E-state index in [-0.39, 0.29) is 11.9 Å². The lowest BCUT2D eigenvalue weighted by Gasteiger charge is -2.14. The van der Waals surface area contributed by atoms with Crippen molar-refractivity contribution in [3.8, 4) is 5.75 Å². The second-order valence-corrected chi connectivity index (χ2v) is 3.64. The van der Waals surface area contributed by atoms with Crippen LogP contribution in [0.5, 0.6) is 5.75 Å². The van der Waals surface area contributed by atoms with Crippen molar-refractivity contribution < 1.29 is 9.53 Å². The molecule has 0 aliphatic rings. The minimum atomic E-state index is 0.0446. The largest absolute Gasteiger partial charge is 0.494 e. The molecule has 0 heterocycles. The average Bonchev–Trinajstić information content (AvgIpc) is 2.30. The highest BCUT2D eigenvalue weighted by Crippen LogP contribution is 2.17. The third-order valence-electron chi connectivity index (χ3n) is 2.39. The normalized spacial score (nSPS) is 11.9. The first kappa shape index (κ1) is 12.6. The highest BCUT2D eigenvalue weighted by molar-refractivity contribution is 5.75. The zero-order valence-electron chi connectivity index (χ0n) is 10.1. The van der Waals surface area contributed by atoms with Crippen molar-refractivity contribution in [3.63, 3.8) is 0 Å². The molecule has 1 atom stereocenters. The monoisotopic (exact) mass is 221 g/mol. The molecule has 88 valence electrons. The summed E-state index contributed by atoms with van der Waals surface area (Å²) < 4.78 is 5.36. The SMILES string of the molecule is CCOc1ccc(C(C)NC(=O)CC)cc1. The van der Waals surface area contributed by atoms with Crippen molar-refractivity contribution in [1.29, 1.82) is 0 Å². The van der Waals surface area contributed by atoms with E-state index in [0.717, 1.165) is 11.3 Å². The number of benzene rings is 1. The average molecular weight is 221 g/mol. The molecule has 0 spiro atoms. The van der Waals surface area contributed by atoms with E-state index in [1.807, 2.05) is 45.0 Å². The van der Waals surface area contributed by atoms with E-state index in [4.69, 9.17) is 4.74 Å². The maximum absolute atomic E-state index is 11.2. The van der Waals surface area contributed by atoms with E-state index in [1.165, 1.54) is 0 Å². The topological polar surface area (TPSA) is 38.3 Å². The standard InChI is InChI=1S/C13H19NO2/c1-4-13(15)14-10(3)11-6-8-12(9-7-11)16-5-2/h6-10H,4-5H2,1-3H3,(H,14,15). The van der Waals surface area contributed by atoms with Gasteiger partial charge in [0.05, 0.1) is 12.6 Å². The molecule has 0 radical (unpaired) electrons. The molecule has 0 aromatic heterocycles. The van der Waals surface area contributed by atoms with Crippen LogP contribution in [-0.4, -0.2) is 12.5 Å². The zero-order chi connectivity index (χ0) is 12.0. The van der Waals surface area contributed by atoms with Crippen LogP contribution in [0.4, 0.5) is 0 Å². The lowest BCUT2D eigenvalue weighted by Crippen LogP contribution is -2.25. The molecule has 1 aromatic carbocycles. The number of hydrogen-bond acceptors (Lipinski definition) is 2. The van der Waals surface area contributed by atoms with Crippen LogP contribution in [-0.2, 0) is 4.79 Å². The fourth-order valence-corrected chi connectivity index (χ4v) is 1.45. The van der Waals surface area contributed by atoms with Gasteiger partial charge in [-0.05, 0) is 31.5 Å². The number of amides is 1. The van der Waals surface area contributed by atoms with Crippen molar-refractivity contribution >= 4 is 5.91 Å². The number of carbonyl (C=O) groups is 1. The number of carbonyl (C=O) groups excluding carboxylic acids is 1. The minimum absolute atomic E-state index is 0.0446. The molecule has 16 heavy (non-hydrogen) atoms. The quantitative estimate of drug-likeness (QED) is 0.830. The van der Waals surface area contributed by atoms with Gasteiger partial charge in [-0.25, -0.2) is 0 Å². The van der Waals surface area contributed by atoms with Gasteiger partial charge in [0.25, 0.3) is 0 Å². The van der Waals surface area contributed by atoms with Crippen LogP contribution >= 0.6 is 0 Å². The van der Waals surface area contributed by atoms with Crippen molar-refractivity contribution in [2.24, 2.45) is 0 Å². The van der Waals surface area contributed by atoms with Gasteiger partial charge < -0.3 is 10.1 Å². The molecule has 3 nitrogen and oxygen atoms in total. The minimum Gasteiger partial charge on any atom is -0.494 e. The Kier molecular flexibility index (Phi) is 4.83. The molecule has 1 rings (SSSR count). The summed E-state index contributed by atoms with van der Waals surface area (Å²) in [5.41, 5.74) is 1.09.